The second kappa shape index (κ2) is 3.07. The summed E-state index contributed by atoms with van der Waals surface area (Å²) >= 11 is 5.47. The van der Waals surface area contributed by atoms with E-state index >= 15 is 0 Å². The lowest BCUT2D eigenvalue weighted by atomic mass is 10.3. The molecule has 0 aromatic heterocycles. The van der Waals surface area contributed by atoms with Crippen molar-refractivity contribution < 1.29 is 19.5 Å². The van der Waals surface area contributed by atoms with Crippen molar-refractivity contribution in [3.8, 4) is 5.75 Å². The van der Waals surface area contributed by atoms with Crippen LogP contribution in [0.25, 0.3) is 0 Å². The molecule has 6 heteroatoms. The number of phenolic OH excluding ortho intramolecular Hbond substituents is 1. The van der Waals surface area contributed by atoms with Gasteiger partial charge in [0, 0.05) is 5.02 Å². The van der Waals surface area contributed by atoms with Gasteiger partial charge in [-0.3, -0.25) is 4.57 Å². The predicted octanol–water partition coefficient (Wildman–Crippen LogP) is 0.849. The first-order valence-corrected chi connectivity index (χ1v) is 4.95. The molecule has 0 atom stereocenters. The Morgan fingerprint density at radius 1 is 1.33 bits per heavy atom. The van der Waals surface area contributed by atoms with Crippen LogP contribution in [0.4, 0.5) is 0 Å². The van der Waals surface area contributed by atoms with Crippen LogP contribution in [0.3, 0.4) is 0 Å². The van der Waals surface area contributed by atoms with Gasteiger partial charge in [0.2, 0.25) is 0 Å². The molecule has 0 radical (unpaired) electrons. The molecular formula is C6H6ClO4P. The summed E-state index contributed by atoms with van der Waals surface area (Å²) in [4.78, 5) is 17.4. The van der Waals surface area contributed by atoms with Gasteiger partial charge in [0.15, 0.2) is 0 Å². The van der Waals surface area contributed by atoms with Crippen molar-refractivity contribution in [2.75, 3.05) is 0 Å². The highest BCUT2D eigenvalue weighted by Crippen LogP contribution is 2.37. The molecule has 0 saturated heterocycles. The standard InChI is InChI=1S/C6H6ClO4P/c7-4-1-2-5(8)6(3-4)12(9,10)11/h1-3,8H,(H2,9,10,11). The molecule has 1 aromatic carbocycles. The molecule has 0 aliphatic heterocycles. The van der Waals surface area contributed by atoms with E-state index in [4.69, 9.17) is 26.5 Å². The van der Waals surface area contributed by atoms with Gasteiger partial charge in [0.25, 0.3) is 0 Å². The second-order valence-corrected chi connectivity index (χ2v) is 4.18. The van der Waals surface area contributed by atoms with Crippen LogP contribution in [-0.4, -0.2) is 14.9 Å². The molecule has 0 saturated carbocycles. The number of hydrogen-bond donors (Lipinski definition) is 3. The van der Waals surface area contributed by atoms with E-state index in [9.17, 15) is 4.57 Å². The molecule has 1 aromatic rings. The van der Waals surface area contributed by atoms with E-state index in [1.165, 1.54) is 6.07 Å². The average Bonchev–Trinajstić information content (AvgIpc) is 1.92. The molecule has 0 amide bonds. The Hall–Kier alpha value is -0.540. The highest BCUT2D eigenvalue weighted by atomic mass is 35.5. The maximum absolute atomic E-state index is 10.7. The second-order valence-electron chi connectivity index (χ2n) is 2.18. The van der Waals surface area contributed by atoms with Crippen LogP contribution in [0.15, 0.2) is 18.2 Å². The summed E-state index contributed by atoms with van der Waals surface area (Å²) in [6.07, 6.45) is 0. The number of halogens is 1. The van der Waals surface area contributed by atoms with Crippen molar-refractivity contribution >= 4 is 24.5 Å². The topological polar surface area (TPSA) is 77.8 Å². The SMILES string of the molecule is O=P(O)(O)c1cc(Cl)ccc1O. The lowest BCUT2D eigenvalue weighted by molar-refractivity contribution is 0.384. The Kier molecular flexibility index (Phi) is 2.44. The summed E-state index contributed by atoms with van der Waals surface area (Å²) in [6.45, 7) is 0. The van der Waals surface area contributed by atoms with Gasteiger partial charge < -0.3 is 14.9 Å². The van der Waals surface area contributed by atoms with Gasteiger partial charge in [-0.15, -0.1) is 0 Å². The molecule has 4 nitrogen and oxygen atoms in total. The molecule has 0 aliphatic carbocycles. The number of hydrogen-bond acceptors (Lipinski definition) is 2. The first-order valence-electron chi connectivity index (χ1n) is 2.96. The van der Waals surface area contributed by atoms with Crippen LogP contribution >= 0.6 is 19.2 Å². The van der Waals surface area contributed by atoms with Gasteiger partial charge in [-0.05, 0) is 18.2 Å². The monoisotopic (exact) mass is 208 g/mol. The third-order valence-corrected chi connectivity index (χ3v) is 2.47. The smallest absolute Gasteiger partial charge is 0.360 e. The van der Waals surface area contributed by atoms with Gasteiger partial charge in [0.1, 0.15) is 11.1 Å². The molecule has 1 rings (SSSR count). The Bertz CT molecular complexity index is 345. The summed E-state index contributed by atoms with van der Waals surface area (Å²) in [6, 6.07) is 3.52. The highest BCUT2D eigenvalue weighted by Gasteiger charge is 2.21. The molecule has 66 valence electrons. The quantitative estimate of drug-likeness (QED) is 0.598. The van der Waals surface area contributed by atoms with E-state index in [2.05, 4.69) is 0 Å². The van der Waals surface area contributed by atoms with Gasteiger partial charge in [0.05, 0.1) is 0 Å². The van der Waals surface area contributed by atoms with E-state index in [1.54, 1.807) is 0 Å². The number of aromatic hydroxyl groups is 1. The van der Waals surface area contributed by atoms with E-state index in [0.717, 1.165) is 12.1 Å². The van der Waals surface area contributed by atoms with Crippen LogP contribution in [0.2, 0.25) is 5.02 Å². The number of rotatable bonds is 1. The third kappa shape index (κ3) is 1.99. The molecule has 0 spiro atoms. The minimum absolute atomic E-state index is 0.172. The predicted molar refractivity (Wildman–Crippen MR) is 44.8 cm³/mol. The van der Waals surface area contributed by atoms with Crippen molar-refractivity contribution in [2.45, 2.75) is 0 Å². The summed E-state index contributed by atoms with van der Waals surface area (Å²) < 4.78 is 10.7. The molecule has 0 bridgehead atoms. The fourth-order valence-electron chi connectivity index (χ4n) is 0.730. The zero-order valence-electron chi connectivity index (χ0n) is 5.81. The zero-order chi connectivity index (χ0) is 9.35. The Morgan fingerprint density at radius 2 is 1.92 bits per heavy atom. The molecule has 0 aliphatic rings. The van der Waals surface area contributed by atoms with Crippen LogP contribution in [-0.2, 0) is 4.57 Å². The third-order valence-electron chi connectivity index (χ3n) is 1.25. The molecule has 12 heavy (non-hydrogen) atoms. The minimum Gasteiger partial charge on any atom is -0.507 e. The Balaban J connectivity index is 3.33. The van der Waals surface area contributed by atoms with Gasteiger partial charge in [-0.2, -0.15) is 0 Å². The highest BCUT2D eigenvalue weighted by molar-refractivity contribution is 7.60. The van der Waals surface area contributed by atoms with Crippen LogP contribution in [0, 0.1) is 0 Å². The largest absolute Gasteiger partial charge is 0.507 e. The number of benzene rings is 1. The maximum Gasteiger partial charge on any atom is 0.360 e. The van der Waals surface area contributed by atoms with E-state index in [-0.39, 0.29) is 5.02 Å². The van der Waals surface area contributed by atoms with Crippen molar-refractivity contribution in [1.82, 2.24) is 0 Å². The summed E-state index contributed by atoms with van der Waals surface area (Å²) in [5.41, 5.74) is 0. The van der Waals surface area contributed by atoms with Gasteiger partial charge in [-0.25, -0.2) is 0 Å². The van der Waals surface area contributed by atoms with E-state index in [1.807, 2.05) is 0 Å². The summed E-state index contributed by atoms with van der Waals surface area (Å²) in [5, 5.41) is 8.74. The van der Waals surface area contributed by atoms with Crippen molar-refractivity contribution in [3.63, 3.8) is 0 Å². The fraction of sp³-hybridized carbons (Fsp3) is 0. The van der Waals surface area contributed by atoms with Crippen molar-refractivity contribution in [3.05, 3.63) is 23.2 Å². The molecule has 0 fully saturated rings. The first kappa shape index (κ1) is 9.55. The lowest BCUT2D eigenvalue weighted by Gasteiger charge is -2.05. The van der Waals surface area contributed by atoms with Crippen molar-refractivity contribution in [1.29, 1.82) is 0 Å². The van der Waals surface area contributed by atoms with Gasteiger partial charge >= 0.3 is 7.60 Å². The normalized spacial score (nSPS) is 11.6. The van der Waals surface area contributed by atoms with E-state index in [0.29, 0.717) is 0 Å². The van der Waals surface area contributed by atoms with Crippen molar-refractivity contribution in [2.24, 2.45) is 0 Å². The average molecular weight is 209 g/mol. The lowest BCUT2D eigenvalue weighted by Crippen LogP contribution is -2.03. The fourth-order valence-corrected chi connectivity index (χ4v) is 1.66. The van der Waals surface area contributed by atoms with Gasteiger partial charge in [-0.1, -0.05) is 11.6 Å². The zero-order valence-corrected chi connectivity index (χ0v) is 7.46. The summed E-state index contributed by atoms with van der Waals surface area (Å²) in [7, 11) is -4.42. The van der Waals surface area contributed by atoms with Crippen LogP contribution in [0.5, 0.6) is 5.75 Å². The molecule has 3 N–H and O–H groups in total. The number of phenols is 1. The Morgan fingerprint density at radius 3 is 2.33 bits per heavy atom. The first-order chi connectivity index (χ1) is 5.41. The summed E-state index contributed by atoms with van der Waals surface area (Å²) in [5.74, 6) is -0.451. The molecule has 0 unspecified atom stereocenters. The van der Waals surface area contributed by atoms with Crippen LogP contribution < -0.4 is 5.30 Å². The Labute approximate surface area is 73.6 Å². The molecular weight excluding hydrogens is 202 g/mol. The van der Waals surface area contributed by atoms with Crippen LogP contribution in [0.1, 0.15) is 0 Å². The molecule has 0 heterocycles. The van der Waals surface area contributed by atoms with E-state index < -0.39 is 18.6 Å². The maximum atomic E-state index is 10.7. The minimum atomic E-state index is -4.42.